The fourth-order valence-electron chi connectivity index (χ4n) is 2.61. The summed E-state index contributed by atoms with van der Waals surface area (Å²) in [5.74, 6) is 1.78. The lowest BCUT2D eigenvalue weighted by Crippen LogP contribution is -1.99. The van der Waals surface area contributed by atoms with E-state index >= 15 is 0 Å². The highest BCUT2D eigenvalue weighted by molar-refractivity contribution is 7.99. The van der Waals surface area contributed by atoms with Crippen molar-refractivity contribution in [2.45, 2.75) is 11.6 Å². The maximum Gasteiger partial charge on any atom is 0.190 e. The van der Waals surface area contributed by atoms with E-state index in [4.69, 9.17) is 16.3 Å². The number of hydrogen-bond donors (Lipinski definition) is 0. The molecule has 0 radical (unpaired) electrons. The summed E-state index contributed by atoms with van der Waals surface area (Å²) in [5, 5.41) is 2.15. The zero-order valence-electron chi connectivity index (χ0n) is 14.5. The van der Waals surface area contributed by atoms with Gasteiger partial charge in [0, 0.05) is 16.0 Å². The Kier molecular flexibility index (Phi) is 5.92. The Morgan fingerprint density at radius 1 is 0.963 bits per heavy atom. The normalized spacial score (nSPS) is 11.0. The van der Waals surface area contributed by atoms with Crippen LogP contribution in [0.4, 0.5) is 0 Å². The summed E-state index contributed by atoms with van der Waals surface area (Å²) in [6.07, 6.45) is 0.915. The molecule has 3 nitrogen and oxygen atoms in total. The largest absolute Gasteiger partial charge is 0.494 e. The molecule has 6 heteroatoms. The number of thioether (sulfide) groups is 1. The molecule has 0 atom stereocenters. The molecule has 27 heavy (non-hydrogen) atoms. The van der Waals surface area contributed by atoms with Gasteiger partial charge in [0.2, 0.25) is 0 Å². The third-order valence-corrected chi connectivity index (χ3v) is 6.22. The first-order chi connectivity index (χ1) is 13.3. The smallest absolute Gasteiger partial charge is 0.190 e. The fourth-order valence-corrected chi connectivity index (χ4v) is 4.79. The molecule has 0 fully saturated rings. The van der Waals surface area contributed by atoms with Gasteiger partial charge >= 0.3 is 0 Å². The highest BCUT2D eigenvalue weighted by Crippen LogP contribution is 2.36. The second kappa shape index (κ2) is 8.74. The SMILES string of the molecule is Clc1nc(SCCCOc2ccccc2)nc2sc(-c3ccccc3)cc12. The van der Waals surface area contributed by atoms with Crippen molar-refractivity contribution in [2.24, 2.45) is 0 Å². The molecule has 4 rings (SSSR count). The number of nitrogens with zero attached hydrogens (tertiary/aromatic N) is 2. The first kappa shape index (κ1) is 18.3. The van der Waals surface area contributed by atoms with Gasteiger partial charge in [-0.2, -0.15) is 0 Å². The van der Waals surface area contributed by atoms with Gasteiger partial charge < -0.3 is 4.74 Å². The van der Waals surface area contributed by atoms with Crippen LogP contribution in [-0.2, 0) is 0 Å². The van der Waals surface area contributed by atoms with Crippen LogP contribution in [0.15, 0.2) is 71.9 Å². The minimum atomic E-state index is 0.515. The third-order valence-electron chi connectivity index (χ3n) is 3.92. The second-order valence-electron chi connectivity index (χ2n) is 5.86. The number of halogens is 1. The summed E-state index contributed by atoms with van der Waals surface area (Å²) in [7, 11) is 0. The Morgan fingerprint density at radius 3 is 2.48 bits per heavy atom. The lowest BCUT2D eigenvalue weighted by Gasteiger charge is -2.05. The van der Waals surface area contributed by atoms with Crippen LogP contribution in [0.1, 0.15) is 6.42 Å². The average Bonchev–Trinajstić information content (AvgIpc) is 3.14. The molecular formula is C21H17ClN2OS2. The van der Waals surface area contributed by atoms with Gasteiger partial charge in [-0.3, -0.25) is 0 Å². The number of fused-ring (bicyclic) bond motifs is 1. The maximum atomic E-state index is 6.40. The third kappa shape index (κ3) is 4.61. The van der Waals surface area contributed by atoms with E-state index in [1.54, 1.807) is 23.1 Å². The van der Waals surface area contributed by atoms with Crippen molar-refractivity contribution in [2.75, 3.05) is 12.4 Å². The Balaban J connectivity index is 1.39. The van der Waals surface area contributed by atoms with Crippen LogP contribution >= 0.6 is 34.7 Å². The van der Waals surface area contributed by atoms with Crippen LogP contribution in [0.5, 0.6) is 5.75 Å². The van der Waals surface area contributed by atoms with E-state index in [0.29, 0.717) is 16.9 Å². The van der Waals surface area contributed by atoms with Crippen LogP contribution in [0.25, 0.3) is 20.7 Å². The number of rotatable bonds is 7. The van der Waals surface area contributed by atoms with E-state index in [1.165, 1.54) is 5.56 Å². The van der Waals surface area contributed by atoms with Gasteiger partial charge in [0.05, 0.1) is 6.61 Å². The molecule has 136 valence electrons. The zero-order chi connectivity index (χ0) is 18.5. The lowest BCUT2D eigenvalue weighted by atomic mass is 10.2. The maximum absolute atomic E-state index is 6.40. The number of hydrogen-bond acceptors (Lipinski definition) is 5. The first-order valence-electron chi connectivity index (χ1n) is 8.63. The van der Waals surface area contributed by atoms with Crippen LogP contribution in [0.2, 0.25) is 5.15 Å². The van der Waals surface area contributed by atoms with Gasteiger partial charge in [-0.15, -0.1) is 11.3 Å². The first-order valence-corrected chi connectivity index (χ1v) is 10.8. The summed E-state index contributed by atoms with van der Waals surface area (Å²) < 4.78 is 5.71. The number of thiophene rings is 1. The molecule has 0 bridgehead atoms. The van der Waals surface area contributed by atoms with E-state index in [0.717, 1.165) is 33.0 Å². The average molecular weight is 413 g/mol. The van der Waals surface area contributed by atoms with E-state index in [1.807, 2.05) is 48.5 Å². The predicted octanol–water partition coefficient (Wildman–Crippen LogP) is 6.57. The molecule has 0 spiro atoms. The minimum absolute atomic E-state index is 0.515. The molecule has 0 unspecified atom stereocenters. The van der Waals surface area contributed by atoms with Gasteiger partial charge in [0.25, 0.3) is 0 Å². The molecule has 2 aromatic heterocycles. The number of ether oxygens (including phenoxy) is 1. The molecule has 0 amide bonds. The molecule has 2 heterocycles. The second-order valence-corrected chi connectivity index (χ2v) is 8.31. The van der Waals surface area contributed by atoms with Crippen molar-refractivity contribution in [3.8, 4) is 16.2 Å². The number of para-hydroxylation sites is 1. The summed E-state index contributed by atoms with van der Waals surface area (Å²) in [5.41, 5.74) is 1.17. The molecule has 0 aliphatic heterocycles. The van der Waals surface area contributed by atoms with Gasteiger partial charge in [-0.05, 0) is 30.2 Å². The van der Waals surface area contributed by atoms with Crippen LogP contribution in [0.3, 0.4) is 0 Å². The highest BCUT2D eigenvalue weighted by atomic mass is 35.5. The molecule has 0 N–H and O–H groups in total. The van der Waals surface area contributed by atoms with Crippen molar-refractivity contribution < 1.29 is 4.74 Å². The predicted molar refractivity (Wildman–Crippen MR) is 115 cm³/mol. The molecule has 0 saturated heterocycles. The van der Waals surface area contributed by atoms with E-state index in [9.17, 15) is 0 Å². The minimum Gasteiger partial charge on any atom is -0.494 e. The summed E-state index contributed by atoms with van der Waals surface area (Å²) in [6, 6.07) is 22.2. The van der Waals surface area contributed by atoms with Crippen molar-refractivity contribution >= 4 is 44.9 Å². The zero-order valence-corrected chi connectivity index (χ0v) is 16.9. The van der Waals surface area contributed by atoms with Crippen LogP contribution in [0, 0.1) is 0 Å². The van der Waals surface area contributed by atoms with Crippen LogP contribution < -0.4 is 4.74 Å². The molecule has 0 saturated carbocycles. The van der Waals surface area contributed by atoms with Crippen molar-refractivity contribution in [1.82, 2.24) is 9.97 Å². The number of benzene rings is 2. The van der Waals surface area contributed by atoms with Gasteiger partial charge in [0.1, 0.15) is 15.7 Å². The topological polar surface area (TPSA) is 35.0 Å². The van der Waals surface area contributed by atoms with E-state index < -0.39 is 0 Å². The van der Waals surface area contributed by atoms with Crippen molar-refractivity contribution in [1.29, 1.82) is 0 Å². The van der Waals surface area contributed by atoms with Gasteiger partial charge in [-0.25, -0.2) is 9.97 Å². The lowest BCUT2D eigenvalue weighted by molar-refractivity contribution is 0.318. The quantitative estimate of drug-likeness (QED) is 0.149. The molecular weight excluding hydrogens is 396 g/mol. The Bertz CT molecular complexity index is 1020. The molecule has 4 aromatic rings. The molecule has 0 aliphatic carbocycles. The Hall–Kier alpha value is -2.08. The fraction of sp³-hybridized carbons (Fsp3) is 0.143. The van der Waals surface area contributed by atoms with Gasteiger partial charge in [0.15, 0.2) is 5.16 Å². The van der Waals surface area contributed by atoms with Crippen LogP contribution in [-0.4, -0.2) is 22.3 Å². The Morgan fingerprint density at radius 2 is 1.70 bits per heavy atom. The van der Waals surface area contributed by atoms with Crippen molar-refractivity contribution in [3.05, 3.63) is 71.9 Å². The van der Waals surface area contributed by atoms with Crippen molar-refractivity contribution in [3.63, 3.8) is 0 Å². The number of aromatic nitrogens is 2. The van der Waals surface area contributed by atoms with E-state index in [2.05, 4.69) is 28.2 Å². The Labute approximate surface area is 171 Å². The summed E-state index contributed by atoms with van der Waals surface area (Å²) in [4.78, 5) is 11.2. The molecule has 2 aromatic carbocycles. The summed E-state index contributed by atoms with van der Waals surface area (Å²) in [6.45, 7) is 0.671. The standard InChI is InChI=1S/C21H17ClN2OS2/c22-19-17-14-18(15-8-3-1-4-9-15)27-20(17)24-21(23-19)26-13-7-12-25-16-10-5-2-6-11-16/h1-6,8-11,14H,7,12-13H2. The summed E-state index contributed by atoms with van der Waals surface area (Å²) >= 11 is 9.66. The van der Waals surface area contributed by atoms with E-state index in [-0.39, 0.29) is 0 Å². The monoisotopic (exact) mass is 412 g/mol. The van der Waals surface area contributed by atoms with Gasteiger partial charge in [-0.1, -0.05) is 71.9 Å². The highest BCUT2D eigenvalue weighted by Gasteiger charge is 2.12. The molecule has 0 aliphatic rings.